The minimum absolute atomic E-state index is 1.26. The van der Waals surface area contributed by atoms with Gasteiger partial charge in [-0.3, -0.25) is 0 Å². The van der Waals surface area contributed by atoms with Crippen molar-refractivity contribution < 1.29 is 4.57 Å². The van der Waals surface area contributed by atoms with Crippen LogP contribution in [0.25, 0.3) is 0 Å². The van der Waals surface area contributed by atoms with Crippen LogP contribution >= 0.6 is 7.80 Å². The molecule has 0 heterocycles. The quantitative estimate of drug-likeness (QED) is 0.421. The Hall–Kier alpha value is -0.920. The molecular formula is C2N2OP+. The summed E-state index contributed by atoms with van der Waals surface area (Å²) in [6.07, 6.45) is 0. The summed E-state index contributed by atoms with van der Waals surface area (Å²) >= 11 is 0. The van der Waals surface area contributed by atoms with E-state index in [1.807, 2.05) is 0 Å². The van der Waals surface area contributed by atoms with Crippen LogP contribution in [0.3, 0.4) is 0 Å². The number of hydrogen-bond donors (Lipinski definition) is 0. The molecule has 0 aliphatic heterocycles. The molecule has 0 unspecified atom stereocenters. The van der Waals surface area contributed by atoms with E-state index in [2.05, 4.69) is 0 Å². The first-order valence-corrected chi connectivity index (χ1v) is 2.34. The van der Waals surface area contributed by atoms with Crippen LogP contribution in [0.15, 0.2) is 0 Å². The van der Waals surface area contributed by atoms with Crippen molar-refractivity contribution in [3.05, 3.63) is 0 Å². The van der Waals surface area contributed by atoms with E-state index in [4.69, 9.17) is 10.5 Å². The first-order valence-electron chi connectivity index (χ1n) is 1.08. The molecule has 0 amide bonds. The molecule has 6 heavy (non-hydrogen) atoms. The zero-order valence-electron chi connectivity index (χ0n) is 2.75. The summed E-state index contributed by atoms with van der Waals surface area (Å²) in [5.74, 6) is 2.53. The molecule has 0 rings (SSSR count). The lowest BCUT2D eigenvalue weighted by atomic mass is 11.8. The lowest BCUT2D eigenvalue weighted by molar-refractivity contribution is 0.598. The predicted molar refractivity (Wildman–Crippen MR) is 18.8 cm³/mol. The third-order valence-electron chi connectivity index (χ3n) is 0.182. The Bertz CT molecular complexity index is 123. The van der Waals surface area contributed by atoms with E-state index < -0.39 is 7.80 Å². The summed E-state index contributed by atoms with van der Waals surface area (Å²) in [5, 5.41) is 15.2. The molecule has 0 aliphatic carbocycles. The molecule has 0 aromatic rings. The highest BCUT2D eigenvalue weighted by atomic mass is 31.1. The van der Waals surface area contributed by atoms with Gasteiger partial charge in [-0.05, 0) is 4.57 Å². The Morgan fingerprint density at radius 1 is 1.33 bits per heavy atom. The maximum absolute atomic E-state index is 9.61. The van der Waals surface area contributed by atoms with Crippen molar-refractivity contribution in [2.45, 2.75) is 0 Å². The van der Waals surface area contributed by atoms with Gasteiger partial charge in [-0.15, -0.1) is 10.5 Å². The highest BCUT2D eigenvalue weighted by molar-refractivity contribution is 7.55. The minimum Gasteiger partial charge on any atom is -0.137 e. The molecule has 0 saturated carbocycles. The second-order valence-corrected chi connectivity index (χ2v) is 1.48. The van der Waals surface area contributed by atoms with E-state index in [0.29, 0.717) is 0 Å². The molecule has 0 aliphatic rings. The second kappa shape index (κ2) is 2.33. The molecule has 4 heteroatoms. The van der Waals surface area contributed by atoms with Crippen LogP contribution in [0.4, 0.5) is 0 Å². The van der Waals surface area contributed by atoms with E-state index in [1.54, 1.807) is 0 Å². The van der Waals surface area contributed by atoms with E-state index in [1.165, 1.54) is 11.6 Å². The highest BCUT2D eigenvalue weighted by Crippen LogP contribution is 2.11. The number of hydrogen-bond acceptors (Lipinski definition) is 3. The maximum atomic E-state index is 9.61. The molecular weight excluding hydrogens is 99.0 g/mol. The molecule has 0 bridgehead atoms. The van der Waals surface area contributed by atoms with Gasteiger partial charge in [0.2, 0.25) is 0 Å². The van der Waals surface area contributed by atoms with Gasteiger partial charge in [0.05, 0.1) is 0 Å². The van der Waals surface area contributed by atoms with E-state index >= 15 is 0 Å². The van der Waals surface area contributed by atoms with Gasteiger partial charge in [-0.25, -0.2) is 0 Å². The monoisotopic (exact) mass is 99.0 g/mol. The molecule has 0 aromatic heterocycles. The van der Waals surface area contributed by atoms with Gasteiger partial charge in [0.15, 0.2) is 0 Å². The van der Waals surface area contributed by atoms with Crippen LogP contribution in [0.5, 0.6) is 0 Å². The molecule has 0 spiro atoms. The average Bonchev–Trinajstić information content (AvgIpc) is 1.65. The zero-order valence-corrected chi connectivity index (χ0v) is 3.64. The Morgan fingerprint density at radius 3 is 1.67 bits per heavy atom. The Morgan fingerprint density at radius 2 is 1.67 bits per heavy atom. The van der Waals surface area contributed by atoms with Crippen LogP contribution < -0.4 is 0 Å². The van der Waals surface area contributed by atoms with Gasteiger partial charge in [-0.1, -0.05) is 0 Å². The number of nitriles is 2. The van der Waals surface area contributed by atoms with Crippen LogP contribution in [-0.4, -0.2) is 0 Å². The fourth-order valence-electron chi connectivity index (χ4n) is 0.0224. The summed E-state index contributed by atoms with van der Waals surface area (Å²) in [4.78, 5) is 0. The molecule has 0 saturated heterocycles. The van der Waals surface area contributed by atoms with Gasteiger partial charge >= 0.3 is 19.4 Å². The molecule has 0 atom stereocenters. The lowest BCUT2D eigenvalue weighted by Gasteiger charge is -1.29. The minimum atomic E-state index is -2.22. The van der Waals surface area contributed by atoms with Crippen molar-refractivity contribution in [1.82, 2.24) is 0 Å². The molecule has 0 aromatic carbocycles. The van der Waals surface area contributed by atoms with Gasteiger partial charge in [-0.2, -0.15) is 0 Å². The summed E-state index contributed by atoms with van der Waals surface area (Å²) in [7, 11) is -2.22. The summed E-state index contributed by atoms with van der Waals surface area (Å²) in [6.45, 7) is 0. The topological polar surface area (TPSA) is 64.7 Å². The van der Waals surface area contributed by atoms with Crippen molar-refractivity contribution in [2.75, 3.05) is 0 Å². The number of rotatable bonds is 0. The van der Waals surface area contributed by atoms with Crippen LogP contribution in [0, 0.1) is 22.1 Å². The molecule has 0 radical (unpaired) electrons. The van der Waals surface area contributed by atoms with E-state index in [9.17, 15) is 4.57 Å². The second-order valence-electron chi connectivity index (χ2n) is 0.494. The smallest absolute Gasteiger partial charge is 0.137 e. The first kappa shape index (κ1) is 5.08. The van der Waals surface area contributed by atoms with Crippen molar-refractivity contribution >= 4 is 7.80 Å². The largest absolute Gasteiger partial charge is 0.574 e. The van der Waals surface area contributed by atoms with Crippen molar-refractivity contribution in [3.63, 3.8) is 0 Å². The van der Waals surface area contributed by atoms with Crippen LogP contribution in [0.1, 0.15) is 0 Å². The Kier molecular flexibility index (Phi) is 1.97. The van der Waals surface area contributed by atoms with Crippen molar-refractivity contribution in [2.24, 2.45) is 0 Å². The average molecular weight is 99.0 g/mol. The SMILES string of the molecule is N#C[P+](=O)C#N. The van der Waals surface area contributed by atoms with Crippen LogP contribution in [-0.2, 0) is 4.57 Å². The Labute approximate surface area is 35.6 Å². The lowest BCUT2D eigenvalue weighted by Crippen LogP contribution is -1.35. The maximum Gasteiger partial charge on any atom is 0.574 e. The summed E-state index contributed by atoms with van der Waals surface area (Å²) in [5.41, 5.74) is 0. The van der Waals surface area contributed by atoms with Crippen molar-refractivity contribution in [3.8, 4) is 11.6 Å². The summed E-state index contributed by atoms with van der Waals surface area (Å²) in [6, 6.07) is 0. The molecule has 28 valence electrons. The predicted octanol–water partition coefficient (Wildman–Crippen LogP) is 0.776. The van der Waals surface area contributed by atoms with Gasteiger partial charge in [0, 0.05) is 0 Å². The van der Waals surface area contributed by atoms with Crippen LogP contribution in [0.2, 0.25) is 0 Å². The standard InChI is InChI=1S/C2N2OP/c3-1-6(5)2-4/q+1. The normalized spacial score (nSPS) is 5.00. The van der Waals surface area contributed by atoms with Gasteiger partial charge < -0.3 is 0 Å². The summed E-state index contributed by atoms with van der Waals surface area (Å²) < 4.78 is 9.61. The Balaban J connectivity index is 3.75. The fraction of sp³-hybridized carbons (Fsp3) is 0. The van der Waals surface area contributed by atoms with Crippen molar-refractivity contribution in [1.29, 1.82) is 10.5 Å². The van der Waals surface area contributed by atoms with Gasteiger partial charge in [0.1, 0.15) is 0 Å². The zero-order chi connectivity index (χ0) is 4.99. The van der Waals surface area contributed by atoms with Gasteiger partial charge in [0.25, 0.3) is 0 Å². The first-order chi connectivity index (χ1) is 2.81. The molecule has 0 fully saturated rings. The molecule has 0 N–H and O–H groups in total. The number of nitrogens with zero attached hydrogens (tertiary/aromatic N) is 2. The molecule has 3 nitrogen and oxygen atoms in total. The van der Waals surface area contributed by atoms with E-state index in [0.717, 1.165) is 0 Å². The highest BCUT2D eigenvalue weighted by Gasteiger charge is 2.09. The fourth-order valence-corrected chi connectivity index (χ4v) is 0.0671. The third kappa shape index (κ3) is 1.40. The van der Waals surface area contributed by atoms with E-state index in [-0.39, 0.29) is 0 Å². The third-order valence-corrected chi connectivity index (χ3v) is 0.545.